The van der Waals surface area contributed by atoms with E-state index >= 15 is 0 Å². The summed E-state index contributed by atoms with van der Waals surface area (Å²) in [6.45, 7) is 0. The average molecular weight is 806 g/mol. The summed E-state index contributed by atoms with van der Waals surface area (Å²) in [6.07, 6.45) is 0. The van der Waals surface area contributed by atoms with E-state index in [1.165, 1.54) is 97.0 Å². The summed E-state index contributed by atoms with van der Waals surface area (Å²) in [5.74, 6) is 0. The van der Waals surface area contributed by atoms with E-state index < -0.39 is 0 Å². The molecule has 0 radical (unpaired) electrons. The van der Waals surface area contributed by atoms with Gasteiger partial charge >= 0.3 is 0 Å². The summed E-state index contributed by atoms with van der Waals surface area (Å²) >= 11 is 1.86. The fourth-order valence-corrected chi connectivity index (χ4v) is 10.7. The predicted molar refractivity (Wildman–Crippen MR) is 268 cm³/mol. The highest BCUT2D eigenvalue weighted by molar-refractivity contribution is 7.25. The van der Waals surface area contributed by atoms with Crippen molar-refractivity contribution in [3.63, 3.8) is 0 Å². The lowest BCUT2D eigenvalue weighted by molar-refractivity contribution is 1.29. The molecular weight excluding hydrogens is 767 g/mol. The van der Waals surface area contributed by atoms with Gasteiger partial charge in [0, 0.05) is 37.2 Å². The molecule has 0 spiro atoms. The average Bonchev–Trinajstić information content (AvgIpc) is 3.72. The van der Waals surface area contributed by atoms with Crippen LogP contribution in [0.3, 0.4) is 0 Å². The predicted octanol–water partition coefficient (Wildman–Crippen LogP) is 17.7. The molecule has 0 amide bonds. The maximum absolute atomic E-state index is 2.41. The lowest BCUT2D eigenvalue weighted by Crippen LogP contribution is -2.10. The van der Waals surface area contributed by atoms with Crippen molar-refractivity contribution < 1.29 is 0 Å². The van der Waals surface area contributed by atoms with Crippen LogP contribution in [0, 0.1) is 0 Å². The number of anilines is 3. The SMILES string of the molecule is c1ccc(-c2c(-c3ccccc3)c3cc(-c4ccc(N(c5cccc(-c6cccc7ccccc67)c5)c5ccc6sc7ccccc7c6c5)cc4)ccc3c3ccccc23)cc1. The van der Waals surface area contributed by atoms with E-state index in [9.17, 15) is 0 Å². The molecule has 1 heterocycles. The van der Waals surface area contributed by atoms with Crippen molar-refractivity contribution >= 4 is 80.9 Å². The van der Waals surface area contributed by atoms with Crippen LogP contribution in [0.4, 0.5) is 17.1 Å². The molecule has 0 aliphatic carbocycles. The molecule has 290 valence electrons. The first-order valence-electron chi connectivity index (χ1n) is 21.2. The number of fused-ring (bicyclic) bond motifs is 7. The molecule has 0 fully saturated rings. The second kappa shape index (κ2) is 15.0. The smallest absolute Gasteiger partial charge is 0.0468 e. The number of nitrogens with zero attached hydrogens (tertiary/aromatic N) is 1. The lowest BCUT2D eigenvalue weighted by atomic mass is 9.84. The maximum atomic E-state index is 2.41. The third kappa shape index (κ3) is 6.15. The Kier molecular flexibility index (Phi) is 8.76. The van der Waals surface area contributed by atoms with Crippen molar-refractivity contribution in [2.45, 2.75) is 0 Å². The highest BCUT2D eigenvalue weighted by atomic mass is 32.1. The normalized spacial score (nSPS) is 11.5. The molecule has 0 saturated heterocycles. The van der Waals surface area contributed by atoms with Gasteiger partial charge < -0.3 is 4.90 Å². The van der Waals surface area contributed by atoms with E-state index in [2.05, 4.69) is 241 Å². The Labute approximate surface area is 365 Å². The molecular formula is C60H39NS. The van der Waals surface area contributed by atoms with Crippen LogP contribution < -0.4 is 4.90 Å². The second-order valence-electron chi connectivity index (χ2n) is 16.0. The minimum atomic E-state index is 1.10. The molecule has 1 aromatic heterocycles. The van der Waals surface area contributed by atoms with Crippen molar-refractivity contribution in [2.24, 2.45) is 0 Å². The number of benzene rings is 11. The molecule has 0 saturated carbocycles. The summed E-state index contributed by atoms with van der Waals surface area (Å²) in [6, 6.07) is 86.8. The highest BCUT2D eigenvalue weighted by Gasteiger charge is 2.20. The Morgan fingerprint density at radius 3 is 1.60 bits per heavy atom. The highest BCUT2D eigenvalue weighted by Crippen LogP contribution is 2.46. The minimum Gasteiger partial charge on any atom is -0.310 e. The van der Waals surface area contributed by atoms with Crippen LogP contribution >= 0.6 is 11.3 Å². The molecule has 0 aliphatic rings. The van der Waals surface area contributed by atoms with E-state index in [1.54, 1.807) is 0 Å². The molecule has 0 bridgehead atoms. The number of hydrogen-bond acceptors (Lipinski definition) is 2. The molecule has 62 heavy (non-hydrogen) atoms. The molecule has 12 rings (SSSR count). The molecule has 12 aromatic rings. The van der Waals surface area contributed by atoms with Crippen LogP contribution in [0.1, 0.15) is 0 Å². The van der Waals surface area contributed by atoms with Gasteiger partial charge in [-0.1, -0.05) is 182 Å². The van der Waals surface area contributed by atoms with Crippen molar-refractivity contribution in [1.82, 2.24) is 0 Å². The van der Waals surface area contributed by atoms with Gasteiger partial charge in [0.1, 0.15) is 0 Å². The van der Waals surface area contributed by atoms with Crippen LogP contribution in [0.5, 0.6) is 0 Å². The number of hydrogen-bond donors (Lipinski definition) is 0. The van der Waals surface area contributed by atoms with Crippen molar-refractivity contribution in [2.75, 3.05) is 4.90 Å². The molecule has 2 heteroatoms. The van der Waals surface area contributed by atoms with Crippen LogP contribution in [-0.4, -0.2) is 0 Å². The van der Waals surface area contributed by atoms with Gasteiger partial charge in [-0.3, -0.25) is 0 Å². The molecule has 0 aliphatic heterocycles. The van der Waals surface area contributed by atoms with Gasteiger partial charge in [-0.15, -0.1) is 11.3 Å². The lowest BCUT2D eigenvalue weighted by Gasteiger charge is -2.26. The van der Waals surface area contributed by atoms with Crippen LogP contribution in [-0.2, 0) is 0 Å². The van der Waals surface area contributed by atoms with Crippen molar-refractivity contribution in [3.8, 4) is 44.5 Å². The minimum absolute atomic E-state index is 1.10. The Morgan fingerprint density at radius 1 is 0.258 bits per heavy atom. The Balaban J connectivity index is 1.02. The van der Waals surface area contributed by atoms with E-state index in [4.69, 9.17) is 0 Å². The topological polar surface area (TPSA) is 3.24 Å². The summed E-state index contributed by atoms with van der Waals surface area (Å²) < 4.78 is 2.60. The van der Waals surface area contributed by atoms with Crippen LogP contribution in [0.15, 0.2) is 237 Å². The molecule has 0 atom stereocenters. The molecule has 1 nitrogen and oxygen atoms in total. The third-order valence-corrected chi connectivity index (χ3v) is 13.6. The first-order chi connectivity index (χ1) is 30.7. The third-order valence-electron chi connectivity index (χ3n) is 12.4. The molecule has 11 aromatic carbocycles. The van der Waals surface area contributed by atoms with Crippen LogP contribution in [0.2, 0.25) is 0 Å². The van der Waals surface area contributed by atoms with Gasteiger partial charge in [0.2, 0.25) is 0 Å². The largest absolute Gasteiger partial charge is 0.310 e. The number of rotatable bonds is 7. The van der Waals surface area contributed by atoms with Gasteiger partial charge in [0.25, 0.3) is 0 Å². The Morgan fingerprint density at radius 2 is 0.806 bits per heavy atom. The zero-order chi connectivity index (χ0) is 41.0. The molecule has 0 unspecified atom stereocenters. The Bertz CT molecular complexity index is 3620. The summed E-state index contributed by atoms with van der Waals surface area (Å²) in [7, 11) is 0. The summed E-state index contributed by atoms with van der Waals surface area (Å²) in [4.78, 5) is 2.41. The number of thiophene rings is 1. The quantitative estimate of drug-likeness (QED) is 0.145. The summed E-state index contributed by atoms with van der Waals surface area (Å²) in [5.41, 5.74) is 13.1. The van der Waals surface area contributed by atoms with E-state index in [0.717, 1.165) is 17.1 Å². The Hall–Kier alpha value is -7.78. The second-order valence-corrected chi connectivity index (χ2v) is 17.1. The fraction of sp³-hybridized carbons (Fsp3) is 0. The van der Waals surface area contributed by atoms with Gasteiger partial charge in [-0.05, 0) is 131 Å². The zero-order valence-electron chi connectivity index (χ0n) is 33.9. The first kappa shape index (κ1) is 36.1. The monoisotopic (exact) mass is 805 g/mol. The van der Waals surface area contributed by atoms with Gasteiger partial charge in [-0.2, -0.15) is 0 Å². The standard InChI is InChI=1S/C60H39NS/c1-3-16-42(17-4-1)59-54-26-10-9-24-51(54)52-35-31-44(38-56(52)60(59)43-18-5-2-6-19-43)40-29-32-46(33-30-40)61(48-34-36-58-55(39-48)53-25-11-12-28-57(53)62-58)47-22-13-21-45(37-47)50-27-14-20-41-15-7-8-23-49(41)50/h1-39H. The summed E-state index contributed by atoms with van der Waals surface area (Å²) in [5, 5.41) is 10.1. The van der Waals surface area contributed by atoms with Crippen molar-refractivity contribution in [1.29, 1.82) is 0 Å². The van der Waals surface area contributed by atoms with Gasteiger partial charge in [0.05, 0.1) is 0 Å². The van der Waals surface area contributed by atoms with E-state index in [-0.39, 0.29) is 0 Å². The molecule has 0 N–H and O–H groups in total. The van der Waals surface area contributed by atoms with Crippen LogP contribution in [0.25, 0.3) is 97.0 Å². The van der Waals surface area contributed by atoms with E-state index in [0.29, 0.717) is 0 Å². The van der Waals surface area contributed by atoms with E-state index in [1.807, 2.05) is 11.3 Å². The van der Waals surface area contributed by atoms with Gasteiger partial charge in [0.15, 0.2) is 0 Å². The fourth-order valence-electron chi connectivity index (χ4n) is 9.57. The zero-order valence-corrected chi connectivity index (χ0v) is 34.7. The first-order valence-corrected chi connectivity index (χ1v) is 22.1. The maximum Gasteiger partial charge on any atom is 0.0468 e. The van der Waals surface area contributed by atoms with Crippen molar-refractivity contribution in [3.05, 3.63) is 237 Å². The van der Waals surface area contributed by atoms with Gasteiger partial charge in [-0.25, -0.2) is 0 Å².